The van der Waals surface area contributed by atoms with Crippen LogP contribution in [-0.4, -0.2) is 39.2 Å². The van der Waals surface area contributed by atoms with Crippen LogP contribution in [-0.2, 0) is 11.4 Å². The van der Waals surface area contributed by atoms with Crippen LogP contribution >= 0.6 is 11.3 Å². The smallest absolute Gasteiger partial charge is 0.337 e. The molecule has 0 saturated heterocycles. The number of rotatable bonds is 7. The molecule has 25 heavy (non-hydrogen) atoms. The summed E-state index contributed by atoms with van der Waals surface area (Å²) in [4.78, 5) is 27.5. The maximum Gasteiger partial charge on any atom is 0.337 e. The number of ether oxygens (including phenoxy) is 1. The van der Waals surface area contributed by atoms with Crippen LogP contribution in [0.25, 0.3) is 0 Å². The zero-order valence-electron chi connectivity index (χ0n) is 13.6. The zero-order chi connectivity index (χ0) is 18.6. The summed E-state index contributed by atoms with van der Waals surface area (Å²) in [7, 11) is 0. The molecule has 0 aliphatic rings. The van der Waals surface area contributed by atoms with Crippen LogP contribution in [0.1, 0.15) is 27.3 Å². The molecule has 7 nitrogen and oxygen atoms in total. The summed E-state index contributed by atoms with van der Waals surface area (Å²) in [6, 6.07) is 5.51. The number of carboxylic acid groups (broad SMARTS) is 1. The molecule has 0 saturated carbocycles. The maximum atomic E-state index is 12.8. The fourth-order valence-corrected chi connectivity index (χ4v) is 2.70. The van der Waals surface area contributed by atoms with Crippen LogP contribution in [0.15, 0.2) is 24.3 Å². The van der Waals surface area contributed by atoms with Gasteiger partial charge in [-0.1, -0.05) is 0 Å². The van der Waals surface area contributed by atoms with E-state index in [1.807, 2.05) is 0 Å². The Morgan fingerprint density at radius 3 is 2.60 bits per heavy atom. The van der Waals surface area contributed by atoms with Gasteiger partial charge in [-0.25, -0.2) is 14.2 Å². The predicted molar refractivity (Wildman–Crippen MR) is 88.2 cm³/mol. The summed E-state index contributed by atoms with van der Waals surface area (Å²) in [6.45, 7) is 2.41. The largest absolute Gasteiger partial charge is 0.486 e. The number of nitrogens with zero attached hydrogens (tertiary/aromatic N) is 1. The SMILES string of the molecule is Cc1nc(COc2ccc(F)cc2)sc1C(=O)NCC(C)(O)C(=O)O. The Morgan fingerprint density at radius 2 is 2.00 bits per heavy atom. The third kappa shape index (κ3) is 4.97. The molecule has 1 aromatic heterocycles. The van der Waals surface area contributed by atoms with Gasteiger partial charge in [0.15, 0.2) is 5.60 Å². The third-order valence-corrected chi connectivity index (χ3v) is 4.41. The molecule has 1 aromatic carbocycles. The first-order valence-corrected chi connectivity index (χ1v) is 8.09. The van der Waals surface area contributed by atoms with Gasteiger partial charge in [-0.2, -0.15) is 0 Å². The molecule has 1 atom stereocenters. The lowest BCUT2D eigenvalue weighted by Gasteiger charge is -2.17. The summed E-state index contributed by atoms with van der Waals surface area (Å²) in [5.41, 5.74) is -1.59. The molecule has 0 spiro atoms. The second-order valence-corrected chi connectivity index (χ2v) is 6.61. The Balaban J connectivity index is 1.97. The highest BCUT2D eigenvalue weighted by Gasteiger charge is 2.30. The summed E-state index contributed by atoms with van der Waals surface area (Å²) < 4.78 is 18.3. The number of nitrogens with one attached hydrogen (secondary N) is 1. The molecule has 1 unspecified atom stereocenters. The lowest BCUT2D eigenvalue weighted by Crippen LogP contribution is -2.46. The van der Waals surface area contributed by atoms with E-state index in [4.69, 9.17) is 9.84 Å². The van der Waals surface area contributed by atoms with Gasteiger partial charge < -0.3 is 20.3 Å². The number of carbonyl (C=O) groups excluding carboxylic acids is 1. The van der Waals surface area contributed by atoms with Crippen molar-refractivity contribution in [2.45, 2.75) is 26.1 Å². The van der Waals surface area contributed by atoms with E-state index in [-0.39, 0.29) is 12.4 Å². The van der Waals surface area contributed by atoms with Crippen LogP contribution in [0.4, 0.5) is 4.39 Å². The number of hydrogen-bond acceptors (Lipinski definition) is 6. The van der Waals surface area contributed by atoms with Crippen molar-refractivity contribution >= 4 is 23.2 Å². The number of thiazole rings is 1. The number of benzene rings is 1. The molecule has 3 N–H and O–H groups in total. The van der Waals surface area contributed by atoms with Crippen molar-refractivity contribution in [1.29, 1.82) is 0 Å². The van der Waals surface area contributed by atoms with Crippen LogP contribution in [0.5, 0.6) is 5.75 Å². The van der Waals surface area contributed by atoms with E-state index in [0.717, 1.165) is 18.3 Å². The first-order valence-electron chi connectivity index (χ1n) is 7.27. The zero-order valence-corrected chi connectivity index (χ0v) is 14.4. The average Bonchev–Trinajstić information content (AvgIpc) is 2.93. The average molecular weight is 368 g/mol. The van der Waals surface area contributed by atoms with E-state index in [1.165, 1.54) is 24.3 Å². The van der Waals surface area contributed by atoms with Gasteiger partial charge in [0.25, 0.3) is 5.91 Å². The molecule has 2 aromatic rings. The highest BCUT2D eigenvalue weighted by molar-refractivity contribution is 7.13. The van der Waals surface area contributed by atoms with Gasteiger partial charge in [0.1, 0.15) is 28.1 Å². The summed E-state index contributed by atoms with van der Waals surface area (Å²) in [6.07, 6.45) is 0. The Labute approximate surface area is 147 Å². The molecule has 0 radical (unpaired) electrons. The van der Waals surface area contributed by atoms with Crippen molar-refractivity contribution in [3.05, 3.63) is 45.7 Å². The molecule has 0 aliphatic heterocycles. The molecule has 0 aliphatic carbocycles. The molecule has 0 bridgehead atoms. The van der Waals surface area contributed by atoms with Gasteiger partial charge in [-0.15, -0.1) is 11.3 Å². The fourth-order valence-electron chi connectivity index (χ4n) is 1.81. The second kappa shape index (κ2) is 7.58. The quantitative estimate of drug-likeness (QED) is 0.687. The first kappa shape index (κ1) is 18.8. The molecule has 134 valence electrons. The summed E-state index contributed by atoms with van der Waals surface area (Å²) >= 11 is 1.10. The fraction of sp³-hybridized carbons (Fsp3) is 0.312. The standard InChI is InChI=1S/C16H17FN2O5S/c1-9-13(14(20)18-8-16(2,23)15(21)22)25-12(19-9)7-24-11-5-3-10(17)4-6-11/h3-6,23H,7-8H2,1-2H3,(H,18,20)(H,21,22). The summed E-state index contributed by atoms with van der Waals surface area (Å²) in [5.74, 6) is -1.85. The first-order chi connectivity index (χ1) is 11.7. The number of hydrogen-bond donors (Lipinski definition) is 3. The number of halogens is 1. The number of aliphatic hydroxyl groups is 1. The number of carboxylic acids is 1. The normalized spacial score (nSPS) is 13.1. The lowest BCUT2D eigenvalue weighted by molar-refractivity contribution is -0.155. The van der Waals surface area contributed by atoms with Gasteiger partial charge >= 0.3 is 5.97 Å². The minimum absolute atomic E-state index is 0.108. The van der Waals surface area contributed by atoms with Crippen molar-refractivity contribution in [2.24, 2.45) is 0 Å². The molecular weight excluding hydrogens is 351 g/mol. The van der Waals surface area contributed by atoms with E-state index >= 15 is 0 Å². The van der Waals surface area contributed by atoms with E-state index < -0.39 is 24.0 Å². The predicted octanol–water partition coefficient (Wildman–Crippen LogP) is 1.74. The second-order valence-electron chi connectivity index (χ2n) is 5.53. The highest BCUT2D eigenvalue weighted by Crippen LogP contribution is 2.20. The number of aliphatic carboxylic acids is 1. The molecule has 2 rings (SSSR count). The van der Waals surface area contributed by atoms with Gasteiger partial charge in [-0.05, 0) is 38.1 Å². The monoisotopic (exact) mass is 368 g/mol. The van der Waals surface area contributed by atoms with E-state index in [0.29, 0.717) is 21.3 Å². The van der Waals surface area contributed by atoms with Gasteiger partial charge in [0.05, 0.1) is 12.2 Å². The molecule has 1 amide bonds. The Morgan fingerprint density at radius 1 is 1.36 bits per heavy atom. The molecule has 9 heteroatoms. The van der Waals surface area contributed by atoms with Crippen molar-refractivity contribution < 1.29 is 28.9 Å². The summed E-state index contributed by atoms with van der Waals surface area (Å²) in [5, 5.41) is 21.4. The minimum atomic E-state index is -2.05. The van der Waals surface area contributed by atoms with Gasteiger partial charge in [0, 0.05) is 0 Å². The van der Waals surface area contributed by atoms with Crippen molar-refractivity contribution in [2.75, 3.05) is 6.54 Å². The minimum Gasteiger partial charge on any atom is -0.486 e. The van der Waals surface area contributed by atoms with Crippen LogP contribution < -0.4 is 10.1 Å². The molecular formula is C16H17FN2O5S. The Bertz CT molecular complexity index is 773. The van der Waals surface area contributed by atoms with E-state index in [1.54, 1.807) is 6.92 Å². The number of carbonyl (C=O) groups is 2. The number of aromatic nitrogens is 1. The topological polar surface area (TPSA) is 109 Å². The Kier molecular flexibility index (Phi) is 5.70. The van der Waals surface area contributed by atoms with Crippen LogP contribution in [0.3, 0.4) is 0 Å². The van der Waals surface area contributed by atoms with Crippen molar-refractivity contribution in [3.8, 4) is 5.75 Å². The van der Waals surface area contributed by atoms with Gasteiger partial charge in [-0.3, -0.25) is 4.79 Å². The van der Waals surface area contributed by atoms with Crippen molar-refractivity contribution in [3.63, 3.8) is 0 Å². The lowest BCUT2D eigenvalue weighted by atomic mass is 10.1. The number of aryl methyl sites for hydroxylation is 1. The van der Waals surface area contributed by atoms with Gasteiger partial charge in [0.2, 0.25) is 0 Å². The molecule has 1 heterocycles. The highest BCUT2D eigenvalue weighted by atomic mass is 32.1. The maximum absolute atomic E-state index is 12.8. The van der Waals surface area contributed by atoms with E-state index in [2.05, 4.69) is 10.3 Å². The van der Waals surface area contributed by atoms with Crippen LogP contribution in [0.2, 0.25) is 0 Å². The van der Waals surface area contributed by atoms with E-state index in [9.17, 15) is 19.1 Å². The Hall–Kier alpha value is -2.52. The third-order valence-electron chi connectivity index (χ3n) is 3.28. The molecule has 0 fully saturated rings. The van der Waals surface area contributed by atoms with Crippen molar-refractivity contribution in [1.82, 2.24) is 10.3 Å². The number of amides is 1. The van der Waals surface area contributed by atoms with Crippen LogP contribution in [0, 0.1) is 12.7 Å².